The van der Waals surface area contributed by atoms with Gasteiger partial charge in [-0.05, 0) is 50.2 Å². The molecule has 0 bridgehead atoms. The molecule has 1 fully saturated rings. The van der Waals surface area contributed by atoms with E-state index in [0.29, 0.717) is 29.3 Å². The van der Waals surface area contributed by atoms with Crippen molar-refractivity contribution in [3.05, 3.63) is 42.0 Å². The number of methoxy groups -OCH3 is 1. The summed E-state index contributed by atoms with van der Waals surface area (Å²) in [4.78, 5) is 44.3. The summed E-state index contributed by atoms with van der Waals surface area (Å²) in [6.07, 6.45) is 3.99. The number of nitrogens with one attached hydrogen (secondary N) is 3. The molecule has 3 N–H and O–H groups in total. The molecule has 2 amide bonds. The zero-order valence-electron chi connectivity index (χ0n) is 20.7. The molecule has 2 aromatic heterocycles. The molecule has 1 saturated carbocycles. The van der Waals surface area contributed by atoms with Crippen molar-refractivity contribution in [3.8, 4) is 22.8 Å². The Bertz CT molecular complexity index is 1250. The third-order valence-corrected chi connectivity index (χ3v) is 6.00. The predicted octanol–water partition coefficient (Wildman–Crippen LogP) is 2.97. The number of esters is 1. The van der Waals surface area contributed by atoms with E-state index in [-0.39, 0.29) is 35.3 Å². The number of H-pyrrole nitrogens is 1. The SMILES string of the molecule is COC(=O)C(CC(C)C)NC(=O)c1cnc(-c2cccc(-c3nnc(C(=O)N[C@@H](C)C4CC4)[nH]3)c2)o1. The molecule has 1 aromatic carbocycles. The summed E-state index contributed by atoms with van der Waals surface area (Å²) in [6, 6.07) is 6.43. The molecule has 11 nitrogen and oxygen atoms in total. The van der Waals surface area contributed by atoms with Crippen molar-refractivity contribution in [2.45, 2.75) is 52.1 Å². The molecular formula is C25H30N6O5. The lowest BCUT2D eigenvalue weighted by Crippen LogP contribution is -2.42. The van der Waals surface area contributed by atoms with Gasteiger partial charge in [0.25, 0.3) is 11.8 Å². The monoisotopic (exact) mass is 494 g/mol. The molecule has 0 spiro atoms. The lowest BCUT2D eigenvalue weighted by atomic mass is 10.0. The van der Waals surface area contributed by atoms with Gasteiger partial charge in [-0.2, -0.15) is 0 Å². The van der Waals surface area contributed by atoms with Crippen LogP contribution in [0.4, 0.5) is 0 Å². The first-order chi connectivity index (χ1) is 17.2. The van der Waals surface area contributed by atoms with Gasteiger partial charge in [-0.15, -0.1) is 10.2 Å². The van der Waals surface area contributed by atoms with Crippen molar-refractivity contribution >= 4 is 17.8 Å². The van der Waals surface area contributed by atoms with Gasteiger partial charge in [-0.25, -0.2) is 9.78 Å². The number of benzene rings is 1. The molecule has 4 rings (SSSR count). The maximum atomic E-state index is 12.7. The molecule has 2 heterocycles. The lowest BCUT2D eigenvalue weighted by Gasteiger charge is -2.17. The van der Waals surface area contributed by atoms with Crippen molar-refractivity contribution in [2.24, 2.45) is 11.8 Å². The van der Waals surface area contributed by atoms with E-state index in [2.05, 4.69) is 30.8 Å². The smallest absolute Gasteiger partial charge is 0.328 e. The largest absolute Gasteiger partial charge is 0.467 e. The second-order valence-corrected chi connectivity index (χ2v) is 9.41. The quantitative estimate of drug-likeness (QED) is 0.364. The van der Waals surface area contributed by atoms with Crippen LogP contribution in [0.1, 0.15) is 61.2 Å². The van der Waals surface area contributed by atoms with Gasteiger partial charge < -0.3 is 24.8 Å². The van der Waals surface area contributed by atoms with Gasteiger partial charge in [0.2, 0.25) is 17.5 Å². The first-order valence-corrected chi connectivity index (χ1v) is 11.9. The topological polar surface area (TPSA) is 152 Å². The highest BCUT2D eigenvalue weighted by Crippen LogP contribution is 2.32. The maximum Gasteiger partial charge on any atom is 0.328 e. The van der Waals surface area contributed by atoms with Crippen molar-refractivity contribution < 1.29 is 23.5 Å². The Morgan fingerprint density at radius 2 is 1.86 bits per heavy atom. The number of aromatic amines is 1. The number of aromatic nitrogens is 4. The van der Waals surface area contributed by atoms with E-state index in [9.17, 15) is 14.4 Å². The maximum absolute atomic E-state index is 12.7. The van der Waals surface area contributed by atoms with E-state index >= 15 is 0 Å². The minimum Gasteiger partial charge on any atom is -0.467 e. The van der Waals surface area contributed by atoms with Gasteiger partial charge in [-0.1, -0.05) is 26.0 Å². The molecule has 1 aliphatic rings. The van der Waals surface area contributed by atoms with Crippen LogP contribution in [-0.2, 0) is 9.53 Å². The van der Waals surface area contributed by atoms with Crippen LogP contribution in [0.15, 0.2) is 34.9 Å². The fourth-order valence-electron chi connectivity index (χ4n) is 3.85. The Morgan fingerprint density at radius 3 is 2.56 bits per heavy atom. The summed E-state index contributed by atoms with van der Waals surface area (Å²) in [5.74, 6) is 0.0655. The van der Waals surface area contributed by atoms with Gasteiger partial charge in [-0.3, -0.25) is 9.59 Å². The average Bonchev–Trinajstić information content (AvgIpc) is 3.38. The molecule has 36 heavy (non-hydrogen) atoms. The van der Waals surface area contributed by atoms with Crippen LogP contribution in [0, 0.1) is 11.8 Å². The number of ether oxygens (including phenoxy) is 1. The Labute approximate surface area is 208 Å². The zero-order chi connectivity index (χ0) is 25.8. The number of oxazole rings is 1. The second-order valence-electron chi connectivity index (χ2n) is 9.41. The van der Waals surface area contributed by atoms with Crippen LogP contribution in [0.25, 0.3) is 22.8 Å². The fourth-order valence-corrected chi connectivity index (χ4v) is 3.85. The van der Waals surface area contributed by atoms with Crippen molar-refractivity contribution in [1.82, 2.24) is 30.8 Å². The van der Waals surface area contributed by atoms with Crippen molar-refractivity contribution in [2.75, 3.05) is 7.11 Å². The summed E-state index contributed by atoms with van der Waals surface area (Å²) in [5.41, 5.74) is 1.27. The van der Waals surface area contributed by atoms with E-state index < -0.39 is 17.9 Å². The summed E-state index contributed by atoms with van der Waals surface area (Å²) in [5, 5.41) is 13.7. The number of carbonyl (C=O) groups excluding carboxylic acids is 3. The van der Waals surface area contributed by atoms with Crippen LogP contribution >= 0.6 is 0 Å². The minimum atomic E-state index is -0.788. The van der Waals surface area contributed by atoms with Crippen LogP contribution in [0.5, 0.6) is 0 Å². The van der Waals surface area contributed by atoms with E-state index in [1.54, 1.807) is 18.2 Å². The third kappa shape index (κ3) is 5.96. The molecule has 0 aliphatic heterocycles. The van der Waals surface area contributed by atoms with Crippen LogP contribution in [0.2, 0.25) is 0 Å². The van der Waals surface area contributed by atoms with Gasteiger partial charge in [0.1, 0.15) is 6.04 Å². The van der Waals surface area contributed by atoms with Gasteiger partial charge in [0.15, 0.2) is 5.82 Å². The van der Waals surface area contributed by atoms with Gasteiger partial charge >= 0.3 is 5.97 Å². The molecule has 1 aliphatic carbocycles. The summed E-state index contributed by atoms with van der Waals surface area (Å²) < 4.78 is 10.5. The summed E-state index contributed by atoms with van der Waals surface area (Å²) in [6.45, 7) is 5.88. The lowest BCUT2D eigenvalue weighted by molar-refractivity contribution is -0.143. The standard InChI is InChI=1S/C25H30N6O5/c1-13(2)10-18(25(34)35-4)28-22(32)19-12-26-24(36-19)17-7-5-6-16(11-17)20-29-21(31-30-20)23(33)27-14(3)15-8-9-15/h5-7,11-15,18H,8-10H2,1-4H3,(H,27,33)(H,28,32)(H,29,30,31)/t14-,18?/m0/s1. The van der Waals surface area contributed by atoms with E-state index in [0.717, 1.165) is 12.8 Å². The number of amides is 2. The van der Waals surface area contributed by atoms with Crippen LogP contribution in [0.3, 0.4) is 0 Å². The number of rotatable bonds is 10. The molecular weight excluding hydrogens is 464 g/mol. The Kier molecular flexibility index (Phi) is 7.47. The first kappa shape index (κ1) is 25.1. The van der Waals surface area contributed by atoms with Crippen LogP contribution < -0.4 is 10.6 Å². The molecule has 1 unspecified atom stereocenters. The highest BCUT2D eigenvalue weighted by molar-refractivity contribution is 5.94. The number of nitrogens with zero attached hydrogens (tertiary/aromatic N) is 3. The summed E-state index contributed by atoms with van der Waals surface area (Å²) >= 11 is 0. The average molecular weight is 495 g/mol. The summed E-state index contributed by atoms with van der Waals surface area (Å²) in [7, 11) is 1.28. The predicted molar refractivity (Wildman–Crippen MR) is 130 cm³/mol. The molecule has 3 aromatic rings. The Morgan fingerprint density at radius 1 is 1.11 bits per heavy atom. The molecule has 0 radical (unpaired) electrons. The number of hydrogen-bond donors (Lipinski definition) is 3. The normalized spacial score (nSPS) is 14.8. The number of carbonyl (C=O) groups is 3. The van der Waals surface area contributed by atoms with Crippen LogP contribution in [-0.4, -0.2) is 57.1 Å². The van der Waals surface area contributed by atoms with E-state index in [4.69, 9.17) is 9.15 Å². The first-order valence-electron chi connectivity index (χ1n) is 11.9. The molecule has 2 atom stereocenters. The zero-order valence-corrected chi connectivity index (χ0v) is 20.7. The Hall–Kier alpha value is -4.02. The fraction of sp³-hybridized carbons (Fsp3) is 0.440. The van der Waals surface area contributed by atoms with Crippen molar-refractivity contribution in [3.63, 3.8) is 0 Å². The highest BCUT2D eigenvalue weighted by Gasteiger charge is 2.30. The molecule has 11 heteroatoms. The molecule has 0 saturated heterocycles. The molecule has 190 valence electrons. The van der Waals surface area contributed by atoms with Crippen molar-refractivity contribution in [1.29, 1.82) is 0 Å². The van der Waals surface area contributed by atoms with Gasteiger partial charge in [0.05, 0.1) is 13.3 Å². The van der Waals surface area contributed by atoms with E-state index in [1.165, 1.54) is 13.3 Å². The second kappa shape index (κ2) is 10.7. The third-order valence-electron chi connectivity index (χ3n) is 6.00. The minimum absolute atomic E-state index is 0.0310. The number of hydrogen-bond acceptors (Lipinski definition) is 8. The highest BCUT2D eigenvalue weighted by atomic mass is 16.5. The Balaban J connectivity index is 1.46. The van der Waals surface area contributed by atoms with E-state index in [1.807, 2.05) is 26.8 Å². The van der Waals surface area contributed by atoms with Gasteiger partial charge in [0, 0.05) is 17.2 Å².